The van der Waals surface area contributed by atoms with Crippen molar-refractivity contribution in [3.63, 3.8) is 0 Å². The highest BCUT2D eigenvalue weighted by Crippen LogP contribution is 2.23. The maximum Gasteiger partial charge on any atom is 0.247 e. The van der Waals surface area contributed by atoms with Gasteiger partial charge in [0, 0.05) is 5.56 Å². The van der Waals surface area contributed by atoms with Crippen LogP contribution >= 0.6 is 0 Å². The predicted molar refractivity (Wildman–Crippen MR) is 79.9 cm³/mol. The van der Waals surface area contributed by atoms with Crippen LogP contribution in [0, 0.1) is 17.5 Å². The Bertz CT molecular complexity index is 850. The SMILES string of the molecule is COc1ccc(-c2nnc(CNc3ccc(F)c(F)c3F)o2)cc1. The van der Waals surface area contributed by atoms with E-state index in [-0.39, 0.29) is 24.0 Å². The topological polar surface area (TPSA) is 60.2 Å². The summed E-state index contributed by atoms with van der Waals surface area (Å²) in [7, 11) is 1.56. The van der Waals surface area contributed by atoms with Gasteiger partial charge in [0.15, 0.2) is 17.5 Å². The van der Waals surface area contributed by atoms with Crippen molar-refractivity contribution in [1.82, 2.24) is 10.2 Å². The largest absolute Gasteiger partial charge is 0.497 e. The maximum absolute atomic E-state index is 13.6. The molecule has 24 heavy (non-hydrogen) atoms. The van der Waals surface area contributed by atoms with Gasteiger partial charge in [-0.2, -0.15) is 0 Å². The van der Waals surface area contributed by atoms with E-state index in [1.165, 1.54) is 0 Å². The van der Waals surface area contributed by atoms with Crippen LogP contribution in [0.1, 0.15) is 5.89 Å². The molecular weight excluding hydrogens is 323 g/mol. The van der Waals surface area contributed by atoms with Gasteiger partial charge in [-0.3, -0.25) is 0 Å². The van der Waals surface area contributed by atoms with E-state index in [1.54, 1.807) is 31.4 Å². The molecule has 0 spiro atoms. The van der Waals surface area contributed by atoms with Crippen molar-refractivity contribution in [2.75, 3.05) is 12.4 Å². The van der Waals surface area contributed by atoms with Crippen LogP contribution in [-0.4, -0.2) is 17.3 Å². The Labute approximate surface area is 135 Å². The van der Waals surface area contributed by atoms with Gasteiger partial charge in [0.2, 0.25) is 11.8 Å². The summed E-state index contributed by atoms with van der Waals surface area (Å²) >= 11 is 0. The normalized spacial score (nSPS) is 10.7. The van der Waals surface area contributed by atoms with Gasteiger partial charge in [0.25, 0.3) is 0 Å². The standard InChI is InChI=1S/C16H12F3N3O2/c1-23-10-4-2-9(3-5-10)16-22-21-13(24-16)8-20-12-7-6-11(17)14(18)15(12)19/h2-7,20H,8H2,1H3. The van der Waals surface area contributed by atoms with Crippen LogP contribution in [0.4, 0.5) is 18.9 Å². The zero-order valence-electron chi connectivity index (χ0n) is 12.5. The number of aromatic nitrogens is 2. The Balaban J connectivity index is 1.71. The van der Waals surface area contributed by atoms with Crippen LogP contribution in [0.3, 0.4) is 0 Å². The zero-order chi connectivity index (χ0) is 17.1. The molecule has 3 rings (SSSR count). The van der Waals surface area contributed by atoms with Gasteiger partial charge in [-0.15, -0.1) is 10.2 Å². The van der Waals surface area contributed by atoms with E-state index in [0.717, 1.165) is 12.1 Å². The molecule has 0 unspecified atom stereocenters. The molecule has 1 heterocycles. The molecule has 0 fully saturated rings. The minimum Gasteiger partial charge on any atom is -0.497 e. The lowest BCUT2D eigenvalue weighted by molar-refractivity contribution is 0.415. The van der Waals surface area contributed by atoms with Gasteiger partial charge in [-0.05, 0) is 36.4 Å². The van der Waals surface area contributed by atoms with Gasteiger partial charge in [0.1, 0.15) is 5.75 Å². The van der Waals surface area contributed by atoms with Crippen molar-refractivity contribution in [2.45, 2.75) is 6.54 Å². The molecule has 3 aromatic rings. The number of nitrogens with zero attached hydrogens (tertiary/aromatic N) is 2. The van der Waals surface area contributed by atoms with Gasteiger partial charge in [0.05, 0.1) is 19.3 Å². The number of halogens is 3. The van der Waals surface area contributed by atoms with E-state index in [4.69, 9.17) is 9.15 Å². The van der Waals surface area contributed by atoms with E-state index in [0.29, 0.717) is 11.3 Å². The fourth-order valence-electron chi connectivity index (χ4n) is 2.01. The van der Waals surface area contributed by atoms with Crippen molar-refractivity contribution < 1.29 is 22.3 Å². The lowest BCUT2D eigenvalue weighted by atomic mass is 10.2. The summed E-state index contributed by atoms with van der Waals surface area (Å²) in [6.07, 6.45) is 0. The van der Waals surface area contributed by atoms with E-state index < -0.39 is 17.5 Å². The maximum atomic E-state index is 13.6. The van der Waals surface area contributed by atoms with Crippen LogP contribution in [-0.2, 0) is 6.54 Å². The first-order valence-corrected chi connectivity index (χ1v) is 6.92. The number of benzene rings is 2. The van der Waals surface area contributed by atoms with E-state index in [2.05, 4.69) is 15.5 Å². The molecule has 0 saturated heterocycles. The first-order valence-electron chi connectivity index (χ1n) is 6.92. The monoisotopic (exact) mass is 335 g/mol. The second-order valence-corrected chi connectivity index (χ2v) is 4.81. The van der Waals surface area contributed by atoms with Crippen LogP contribution < -0.4 is 10.1 Å². The van der Waals surface area contributed by atoms with Crippen LogP contribution in [0.15, 0.2) is 40.8 Å². The average Bonchev–Trinajstić information content (AvgIpc) is 3.08. The molecule has 0 atom stereocenters. The van der Waals surface area contributed by atoms with Crippen molar-refractivity contribution in [2.24, 2.45) is 0 Å². The molecule has 2 aromatic carbocycles. The van der Waals surface area contributed by atoms with Gasteiger partial charge >= 0.3 is 0 Å². The Kier molecular flexibility index (Phi) is 4.37. The van der Waals surface area contributed by atoms with E-state index >= 15 is 0 Å². The number of nitrogens with one attached hydrogen (secondary N) is 1. The van der Waals surface area contributed by atoms with E-state index in [9.17, 15) is 13.2 Å². The molecule has 0 aliphatic rings. The predicted octanol–water partition coefficient (Wildman–Crippen LogP) is 3.77. The first-order chi connectivity index (χ1) is 11.6. The molecule has 124 valence electrons. The third-order valence-corrected chi connectivity index (χ3v) is 3.27. The van der Waals surface area contributed by atoms with Gasteiger partial charge in [-0.25, -0.2) is 13.2 Å². The summed E-state index contributed by atoms with van der Waals surface area (Å²) in [5.74, 6) is -2.95. The van der Waals surface area contributed by atoms with Crippen molar-refractivity contribution >= 4 is 5.69 Å². The molecule has 1 aromatic heterocycles. The Hall–Kier alpha value is -3.03. The zero-order valence-corrected chi connectivity index (χ0v) is 12.5. The number of anilines is 1. The minimum atomic E-state index is -1.54. The molecule has 0 aliphatic carbocycles. The number of rotatable bonds is 5. The first kappa shape index (κ1) is 15.9. The average molecular weight is 335 g/mol. The molecule has 0 bridgehead atoms. The van der Waals surface area contributed by atoms with Crippen molar-refractivity contribution in [3.8, 4) is 17.2 Å². The molecule has 5 nitrogen and oxygen atoms in total. The Morgan fingerprint density at radius 2 is 1.75 bits per heavy atom. The molecule has 0 amide bonds. The van der Waals surface area contributed by atoms with Crippen LogP contribution in [0.2, 0.25) is 0 Å². The molecular formula is C16H12F3N3O2. The lowest BCUT2D eigenvalue weighted by Gasteiger charge is -2.05. The lowest BCUT2D eigenvalue weighted by Crippen LogP contribution is -2.04. The molecule has 0 aliphatic heterocycles. The summed E-state index contributed by atoms with van der Waals surface area (Å²) in [6, 6.07) is 8.91. The van der Waals surface area contributed by atoms with Crippen LogP contribution in [0.5, 0.6) is 5.75 Å². The quantitative estimate of drug-likeness (QED) is 0.719. The molecule has 1 N–H and O–H groups in total. The number of hydrogen-bond donors (Lipinski definition) is 1. The summed E-state index contributed by atoms with van der Waals surface area (Å²) < 4.78 is 50.1. The highest BCUT2D eigenvalue weighted by atomic mass is 19.2. The summed E-state index contributed by atoms with van der Waals surface area (Å²) in [5.41, 5.74) is 0.492. The number of ether oxygens (including phenoxy) is 1. The number of hydrogen-bond acceptors (Lipinski definition) is 5. The second kappa shape index (κ2) is 6.61. The van der Waals surface area contributed by atoms with Gasteiger partial charge < -0.3 is 14.5 Å². The third-order valence-electron chi connectivity index (χ3n) is 3.27. The van der Waals surface area contributed by atoms with Gasteiger partial charge in [-0.1, -0.05) is 0 Å². The fourth-order valence-corrected chi connectivity index (χ4v) is 2.01. The fraction of sp³-hybridized carbons (Fsp3) is 0.125. The number of methoxy groups -OCH3 is 1. The highest BCUT2D eigenvalue weighted by Gasteiger charge is 2.14. The van der Waals surface area contributed by atoms with Crippen molar-refractivity contribution in [3.05, 3.63) is 59.7 Å². The Morgan fingerprint density at radius 3 is 2.46 bits per heavy atom. The summed E-state index contributed by atoms with van der Waals surface area (Å²) in [6.45, 7) is -0.0366. The highest BCUT2D eigenvalue weighted by molar-refractivity contribution is 5.54. The molecule has 8 heteroatoms. The third kappa shape index (κ3) is 3.17. The Morgan fingerprint density at radius 1 is 1.00 bits per heavy atom. The van der Waals surface area contributed by atoms with Crippen molar-refractivity contribution in [1.29, 1.82) is 0 Å². The second-order valence-electron chi connectivity index (χ2n) is 4.81. The van der Waals surface area contributed by atoms with E-state index in [1.807, 2.05) is 0 Å². The summed E-state index contributed by atoms with van der Waals surface area (Å²) in [4.78, 5) is 0. The molecule has 0 saturated carbocycles. The molecule has 0 radical (unpaired) electrons. The van der Waals surface area contributed by atoms with Crippen LogP contribution in [0.25, 0.3) is 11.5 Å². The summed E-state index contributed by atoms with van der Waals surface area (Å²) in [5, 5.41) is 10.3. The smallest absolute Gasteiger partial charge is 0.247 e. The minimum absolute atomic E-state index is 0.0366.